The molecule has 0 saturated carbocycles. The Kier molecular flexibility index (Phi) is 7.06. The lowest BCUT2D eigenvalue weighted by Gasteiger charge is -2.22. The molecule has 3 aromatic rings. The third-order valence-corrected chi connectivity index (χ3v) is 7.38. The number of thiazole rings is 1. The number of hydrogen-bond acceptors (Lipinski definition) is 7. The molecular weight excluding hydrogens is 422 g/mol. The highest BCUT2D eigenvalue weighted by Gasteiger charge is 2.23. The molecule has 0 aliphatic heterocycles. The van der Waals surface area contributed by atoms with E-state index in [1.54, 1.807) is 17.0 Å². The molecule has 1 aromatic heterocycles. The maximum Gasteiger partial charge on any atom is 0.229 e. The maximum atomic E-state index is 13.0. The number of amides is 1. The summed E-state index contributed by atoms with van der Waals surface area (Å²) in [4.78, 5) is 21.3. The fourth-order valence-corrected chi connectivity index (χ4v) is 5.10. The minimum atomic E-state index is -3.58. The molecule has 0 aliphatic carbocycles. The molecule has 9 heteroatoms. The van der Waals surface area contributed by atoms with Crippen LogP contribution in [0.3, 0.4) is 0 Å². The molecule has 0 bridgehead atoms. The SMILES string of the molecule is COc1ccc(S(=O)(=O)CCC(=O)N(CCN(C)C)c2nc3ccccc3s2)cc1. The van der Waals surface area contributed by atoms with Crippen LogP contribution in [0.25, 0.3) is 10.2 Å². The molecule has 0 radical (unpaired) electrons. The molecule has 160 valence electrons. The number of methoxy groups -OCH3 is 1. The summed E-state index contributed by atoms with van der Waals surface area (Å²) in [6, 6.07) is 13.9. The Balaban J connectivity index is 1.76. The maximum absolute atomic E-state index is 13.0. The normalized spacial score (nSPS) is 11.7. The van der Waals surface area contributed by atoms with Crippen LogP contribution in [-0.4, -0.2) is 64.3 Å². The monoisotopic (exact) mass is 447 g/mol. The smallest absolute Gasteiger partial charge is 0.229 e. The van der Waals surface area contributed by atoms with Gasteiger partial charge in [0.25, 0.3) is 0 Å². The van der Waals surface area contributed by atoms with Gasteiger partial charge in [0, 0.05) is 19.5 Å². The molecule has 0 unspecified atom stereocenters. The van der Waals surface area contributed by atoms with Crippen LogP contribution >= 0.6 is 11.3 Å². The number of benzene rings is 2. The van der Waals surface area contributed by atoms with Gasteiger partial charge in [-0.3, -0.25) is 9.69 Å². The van der Waals surface area contributed by atoms with Crippen LogP contribution in [0, 0.1) is 0 Å². The van der Waals surface area contributed by atoms with E-state index >= 15 is 0 Å². The molecule has 2 aromatic carbocycles. The van der Waals surface area contributed by atoms with Gasteiger partial charge in [-0.25, -0.2) is 13.4 Å². The summed E-state index contributed by atoms with van der Waals surface area (Å²) < 4.78 is 31.4. The van der Waals surface area contributed by atoms with Crippen LogP contribution in [0.2, 0.25) is 0 Å². The number of likely N-dealkylation sites (N-methyl/N-ethyl adjacent to an activating group) is 1. The van der Waals surface area contributed by atoms with Gasteiger partial charge in [-0.1, -0.05) is 23.5 Å². The van der Waals surface area contributed by atoms with E-state index < -0.39 is 9.84 Å². The first kappa shape index (κ1) is 22.2. The quantitative estimate of drug-likeness (QED) is 0.502. The van der Waals surface area contributed by atoms with Crippen molar-refractivity contribution in [3.8, 4) is 5.75 Å². The molecular formula is C21H25N3O4S2. The number of rotatable bonds is 9. The number of para-hydroxylation sites is 1. The van der Waals surface area contributed by atoms with E-state index in [0.29, 0.717) is 24.0 Å². The topological polar surface area (TPSA) is 79.8 Å². The largest absolute Gasteiger partial charge is 0.497 e. The zero-order valence-corrected chi connectivity index (χ0v) is 18.9. The predicted molar refractivity (Wildman–Crippen MR) is 120 cm³/mol. The molecule has 0 fully saturated rings. The van der Waals surface area contributed by atoms with Gasteiger partial charge >= 0.3 is 0 Å². The average molecular weight is 448 g/mol. The number of hydrogen-bond donors (Lipinski definition) is 0. The van der Waals surface area contributed by atoms with Crippen LogP contribution in [0.4, 0.5) is 5.13 Å². The highest BCUT2D eigenvalue weighted by Crippen LogP contribution is 2.29. The van der Waals surface area contributed by atoms with Crippen LogP contribution in [0.5, 0.6) is 5.75 Å². The Hall–Kier alpha value is -2.49. The van der Waals surface area contributed by atoms with E-state index in [-0.39, 0.29) is 23.0 Å². The van der Waals surface area contributed by atoms with Gasteiger partial charge in [0.2, 0.25) is 5.91 Å². The molecule has 0 aliphatic rings. The Labute approximate surface area is 180 Å². The fourth-order valence-electron chi connectivity index (χ4n) is 2.86. The van der Waals surface area contributed by atoms with Gasteiger partial charge in [0.1, 0.15) is 5.75 Å². The Bertz CT molecular complexity index is 1080. The van der Waals surface area contributed by atoms with Crippen LogP contribution in [-0.2, 0) is 14.6 Å². The summed E-state index contributed by atoms with van der Waals surface area (Å²) in [7, 11) is 1.79. The van der Waals surface area contributed by atoms with Crippen molar-refractivity contribution in [3.05, 3.63) is 48.5 Å². The van der Waals surface area contributed by atoms with E-state index in [9.17, 15) is 13.2 Å². The van der Waals surface area contributed by atoms with Gasteiger partial charge in [-0.2, -0.15) is 0 Å². The zero-order chi connectivity index (χ0) is 21.7. The number of anilines is 1. The van der Waals surface area contributed by atoms with E-state index in [0.717, 1.165) is 10.2 Å². The summed E-state index contributed by atoms with van der Waals surface area (Å²) in [6.45, 7) is 1.08. The molecule has 1 amide bonds. The molecule has 30 heavy (non-hydrogen) atoms. The van der Waals surface area contributed by atoms with Crippen molar-refractivity contribution in [2.45, 2.75) is 11.3 Å². The van der Waals surface area contributed by atoms with E-state index in [1.165, 1.54) is 30.6 Å². The summed E-state index contributed by atoms with van der Waals surface area (Å²) in [5.41, 5.74) is 0.825. The average Bonchev–Trinajstić information content (AvgIpc) is 3.16. The number of nitrogens with zero attached hydrogens (tertiary/aromatic N) is 3. The minimum absolute atomic E-state index is 0.113. The van der Waals surface area contributed by atoms with Gasteiger partial charge in [0.05, 0.1) is 28.0 Å². The van der Waals surface area contributed by atoms with Crippen molar-refractivity contribution in [1.29, 1.82) is 0 Å². The number of ether oxygens (including phenoxy) is 1. The standard InChI is InChI=1S/C21H25N3O4S2/c1-23(2)13-14-24(21-22-18-6-4-5-7-19(18)29-21)20(25)12-15-30(26,27)17-10-8-16(28-3)9-11-17/h4-11H,12-15H2,1-3H3. The molecule has 0 N–H and O–H groups in total. The first-order valence-corrected chi connectivity index (χ1v) is 11.9. The van der Waals surface area contributed by atoms with Gasteiger partial charge in [0.15, 0.2) is 15.0 Å². The summed E-state index contributed by atoms with van der Waals surface area (Å²) in [5, 5.41) is 0.588. The minimum Gasteiger partial charge on any atom is -0.497 e. The number of carbonyl (C=O) groups is 1. The Morgan fingerprint density at radius 2 is 1.77 bits per heavy atom. The Morgan fingerprint density at radius 3 is 2.40 bits per heavy atom. The molecule has 3 rings (SSSR count). The molecule has 0 atom stereocenters. The van der Waals surface area contributed by atoms with Crippen molar-refractivity contribution in [2.24, 2.45) is 0 Å². The second kappa shape index (κ2) is 9.55. The lowest BCUT2D eigenvalue weighted by molar-refractivity contribution is -0.118. The fraction of sp³-hybridized carbons (Fsp3) is 0.333. The number of aromatic nitrogens is 1. The van der Waals surface area contributed by atoms with E-state index in [1.807, 2.05) is 43.3 Å². The summed E-state index contributed by atoms with van der Waals surface area (Å²) in [5.74, 6) is 0.0605. The third kappa shape index (κ3) is 5.35. The molecule has 0 saturated heterocycles. The lowest BCUT2D eigenvalue weighted by Crippen LogP contribution is -2.37. The highest BCUT2D eigenvalue weighted by molar-refractivity contribution is 7.91. The lowest BCUT2D eigenvalue weighted by atomic mass is 10.3. The number of carbonyl (C=O) groups excluding carboxylic acids is 1. The molecule has 0 spiro atoms. The first-order valence-electron chi connectivity index (χ1n) is 9.47. The summed E-state index contributed by atoms with van der Waals surface area (Å²) in [6.07, 6.45) is -0.113. The zero-order valence-electron chi connectivity index (χ0n) is 17.2. The van der Waals surface area contributed by atoms with Crippen molar-refractivity contribution in [3.63, 3.8) is 0 Å². The van der Waals surface area contributed by atoms with Crippen LogP contribution in [0.1, 0.15) is 6.42 Å². The second-order valence-corrected chi connectivity index (χ2v) is 10.2. The van der Waals surface area contributed by atoms with Gasteiger partial charge in [-0.15, -0.1) is 0 Å². The van der Waals surface area contributed by atoms with Crippen molar-refractivity contribution >= 4 is 42.4 Å². The molecule has 1 heterocycles. The van der Waals surface area contributed by atoms with Gasteiger partial charge < -0.3 is 9.64 Å². The second-order valence-electron chi connectivity index (χ2n) is 7.06. The highest BCUT2D eigenvalue weighted by atomic mass is 32.2. The van der Waals surface area contributed by atoms with E-state index in [4.69, 9.17) is 4.74 Å². The van der Waals surface area contributed by atoms with Crippen LogP contribution in [0.15, 0.2) is 53.4 Å². The third-order valence-electron chi connectivity index (χ3n) is 4.59. The predicted octanol–water partition coefficient (Wildman–Crippen LogP) is 3.06. The summed E-state index contributed by atoms with van der Waals surface area (Å²) >= 11 is 1.43. The van der Waals surface area contributed by atoms with Gasteiger partial charge in [-0.05, 0) is 50.5 Å². The number of fused-ring (bicyclic) bond motifs is 1. The van der Waals surface area contributed by atoms with E-state index in [2.05, 4.69) is 4.98 Å². The Morgan fingerprint density at radius 1 is 1.07 bits per heavy atom. The molecule has 7 nitrogen and oxygen atoms in total. The number of sulfone groups is 1. The van der Waals surface area contributed by atoms with Crippen molar-refractivity contribution in [1.82, 2.24) is 9.88 Å². The van der Waals surface area contributed by atoms with Crippen LogP contribution < -0.4 is 9.64 Å². The van der Waals surface area contributed by atoms with Crippen molar-refractivity contribution in [2.75, 3.05) is 44.9 Å². The first-order chi connectivity index (χ1) is 14.3. The van der Waals surface area contributed by atoms with Crippen molar-refractivity contribution < 1.29 is 17.9 Å².